The maximum absolute atomic E-state index is 11.1. The third kappa shape index (κ3) is 2.19. The summed E-state index contributed by atoms with van der Waals surface area (Å²) in [7, 11) is 2.57. The summed E-state index contributed by atoms with van der Waals surface area (Å²) in [5.41, 5.74) is 0. The lowest BCUT2D eigenvalue weighted by Crippen LogP contribution is -2.08. The number of thioether (sulfide) groups is 2. The molecule has 0 radical (unpaired) electrons. The van der Waals surface area contributed by atoms with Crippen molar-refractivity contribution in [3.63, 3.8) is 0 Å². The van der Waals surface area contributed by atoms with Crippen LogP contribution in [0.15, 0.2) is 9.81 Å². The maximum Gasteiger partial charge on any atom is 0.345 e. The fourth-order valence-corrected chi connectivity index (χ4v) is 3.13. The molecule has 13 heavy (non-hydrogen) atoms. The fraction of sp³-hybridized carbons (Fsp3) is 0.429. The summed E-state index contributed by atoms with van der Waals surface area (Å²) in [4.78, 5) is 22.9. The van der Waals surface area contributed by atoms with Crippen molar-refractivity contribution < 1.29 is 19.1 Å². The normalized spacial score (nSPS) is 15.8. The van der Waals surface area contributed by atoms with Gasteiger partial charge < -0.3 is 9.47 Å². The van der Waals surface area contributed by atoms with Crippen LogP contribution in [0.3, 0.4) is 0 Å². The quantitative estimate of drug-likeness (QED) is 0.647. The number of ether oxygens (including phenoxy) is 2. The molecule has 1 heterocycles. The van der Waals surface area contributed by atoms with Crippen LogP contribution >= 0.6 is 23.5 Å². The van der Waals surface area contributed by atoms with Crippen LogP contribution in [0.25, 0.3) is 0 Å². The standard InChI is InChI=1S/C7H8O4S2/c1-10-6(8)4-5(7(9)11-2)13-3-12-4/h3H2,1-2H3. The average molecular weight is 220 g/mol. The molecule has 0 unspecified atom stereocenters. The Morgan fingerprint density at radius 1 is 1.08 bits per heavy atom. The van der Waals surface area contributed by atoms with Gasteiger partial charge in [0.25, 0.3) is 0 Å². The lowest BCUT2D eigenvalue weighted by Gasteiger charge is -2.01. The minimum Gasteiger partial charge on any atom is -0.465 e. The molecule has 0 aromatic carbocycles. The predicted molar refractivity (Wildman–Crippen MR) is 51.1 cm³/mol. The van der Waals surface area contributed by atoms with Crippen molar-refractivity contribution in [1.29, 1.82) is 0 Å². The van der Waals surface area contributed by atoms with Gasteiger partial charge in [0.05, 0.1) is 14.2 Å². The molecule has 0 aromatic rings. The van der Waals surface area contributed by atoms with Gasteiger partial charge >= 0.3 is 11.9 Å². The van der Waals surface area contributed by atoms with Crippen molar-refractivity contribution >= 4 is 35.5 Å². The molecule has 0 atom stereocenters. The van der Waals surface area contributed by atoms with Crippen molar-refractivity contribution in [2.24, 2.45) is 0 Å². The van der Waals surface area contributed by atoms with Crippen LogP contribution in [0, 0.1) is 0 Å². The molecule has 1 aliphatic heterocycles. The zero-order valence-electron chi connectivity index (χ0n) is 7.16. The maximum atomic E-state index is 11.1. The fourth-order valence-electron chi connectivity index (χ4n) is 0.767. The summed E-state index contributed by atoms with van der Waals surface area (Å²) in [6.45, 7) is 0. The molecule has 1 aliphatic rings. The molecule has 0 bridgehead atoms. The van der Waals surface area contributed by atoms with E-state index in [1.165, 1.54) is 37.7 Å². The van der Waals surface area contributed by atoms with E-state index >= 15 is 0 Å². The third-order valence-corrected chi connectivity index (χ3v) is 3.75. The number of carbonyl (C=O) groups is 2. The first kappa shape index (κ1) is 10.5. The van der Waals surface area contributed by atoms with Crippen LogP contribution in [0.2, 0.25) is 0 Å². The average Bonchev–Trinajstić information content (AvgIpc) is 2.63. The van der Waals surface area contributed by atoms with Crippen molar-refractivity contribution in [1.82, 2.24) is 0 Å². The number of methoxy groups -OCH3 is 2. The Balaban J connectivity index is 2.89. The Hall–Kier alpha value is -0.620. The van der Waals surface area contributed by atoms with E-state index in [-0.39, 0.29) is 0 Å². The minimum absolute atomic E-state index is 0.347. The predicted octanol–water partition coefficient (Wildman–Crippen LogP) is 0.981. The largest absolute Gasteiger partial charge is 0.465 e. The summed E-state index contributed by atoms with van der Waals surface area (Å²) in [5, 5.41) is 0.648. The van der Waals surface area contributed by atoms with Crippen LogP contribution in [0.4, 0.5) is 0 Å². The van der Waals surface area contributed by atoms with E-state index in [1.54, 1.807) is 0 Å². The summed E-state index contributed by atoms with van der Waals surface area (Å²) < 4.78 is 9.04. The zero-order chi connectivity index (χ0) is 9.84. The molecular weight excluding hydrogens is 212 g/mol. The van der Waals surface area contributed by atoms with Gasteiger partial charge in [0.15, 0.2) is 0 Å². The molecule has 1 rings (SSSR count). The van der Waals surface area contributed by atoms with Crippen LogP contribution in [0.5, 0.6) is 0 Å². The van der Waals surface area contributed by atoms with Crippen LogP contribution in [-0.2, 0) is 19.1 Å². The molecule has 0 saturated heterocycles. The highest BCUT2D eigenvalue weighted by molar-refractivity contribution is 8.23. The summed E-state index contributed by atoms with van der Waals surface area (Å²) in [6.07, 6.45) is 0. The van der Waals surface area contributed by atoms with Gasteiger partial charge in [-0.25, -0.2) is 9.59 Å². The molecular formula is C7H8O4S2. The van der Waals surface area contributed by atoms with Crippen LogP contribution < -0.4 is 0 Å². The Labute approximate surface area is 84.0 Å². The summed E-state index contributed by atoms with van der Waals surface area (Å²) in [6, 6.07) is 0. The van der Waals surface area contributed by atoms with Gasteiger partial charge in [-0.3, -0.25) is 0 Å². The van der Waals surface area contributed by atoms with E-state index in [0.717, 1.165) is 0 Å². The SMILES string of the molecule is COC(=O)C1=C(C(=O)OC)SCS1. The molecule has 4 nitrogen and oxygen atoms in total. The minimum atomic E-state index is -0.476. The highest BCUT2D eigenvalue weighted by atomic mass is 32.2. The molecule has 0 saturated carbocycles. The van der Waals surface area contributed by atoms with E-state index in [0.29, 0.717) is 14.9 Å². The number of hydrogen-bond donors (Lipinski definition) is 0. The molecule has 0 spiro atoms. The van der Waals surface area contributed by atoms with Crippen LogP contribution in [-0.4, -0.2) is 31.2 Å². The molecule has 0 aliphatic carbocycles. The number of rotatable bonds is 2. The monoisotopic (exact) mass is 220 g/mol. The second-order valence-corrected chi connectivity index (χ2v) is 4.38. The lowest BCUT2D eigenvalue weighted by molar-refractivity contribution is -0.138. The smallest absolute Gasteiger partial charge is 0.345 e. The van der Waals surface area contributed by atoms with Crippen molar-refractivity contribution in [3.05, 3.63) is 9.81 Å². The Kier molecular flexibility index (Phi) is 3.68. The third-order valence-electron chi connectivity index (χ3n) is 1.35. The van der Waals surface area contributed by atoms with E-state index in [4.69, 9.17) is 0 Å². The second kappa shape index (κ2) is 4.57. The van der Waals surface area contributed by atoms with Gasteiger partial charge in [0, 0.05) is 5.08 Å². The summed E-state index contributed by atoms with van der Waals surface area (Å²) in [5.74, 6) is -0.953. The van der Waals surface area contributed by atoms with Crippen molar-refractivity contribution in [2.45, 2.75) is 0 Å². The second-order valence-electron chi connectivity index (χ2n) is 2.05. The molecule has 6 heteroatoms. The number of hydrogen-bond acceptors (Lipinski definition) is 6. The van der Waals surface area contributed by atoms with Gasteiger partial charge in [0.1, 0.15) is 9.81 Å². The van der Waals surface area contributed by atoms with Gasteiger partial charge in [0.2, 0.25) is 0 Å². The highest BCUT2D eigenvalue weighted by Crippen LogP contribution is 2.40. The first-order valence-electron chi connectivity index (χ1n) is 3.37. The molecule has 0 amide bonds. The van der Waals surface area contributed by atoms with E-state index in [1.807, 2.05) is 0 Å². The first-order valence-corrected chi connectivity index (χ1v) is 5.34. The van der Waals surface area contributed by atoms with Gasteiger partial charge in [-0.15, -0.1) is 23.5 Å². The van der Waals surface area contributed by atoms with Gasteiger partial charge in [-0.2, -0.15) is 0 Å². The van der Waals surface area contributed by atoms with E-state index in [2.05, 4.69) is 9.47 Å². The van der Waals surface area contributed by atoms with Crippen molar-refractivity contribution in [2.75, 3.05) is 19.3 Å². The van der Waals surface area contributed by atoms with E-state index < -0.39 is 11.9 Å². The number of carbonyl (C=O) groups excluding carboxylic acids is 2. The molecule has 72 valence electrons. The Bertz CT molecular complexity index is 246. The topological polar surface area (TPSA) is 52.6 Å². The van der Waals surface area contributed by atoms with Gasteiger partial charge in [-0.05, 0) is 0 Å². The number of esters is 2. The summed E-state index contributed by atoms with van der Waals surface area (Å²) >= 11 is 2.59. The first-order chi connectivity index (χ1) is 6.20. The molecule has 0 fully saturated rings. The zero-order valence-corrected chi connectivity index (χ0v) is 8.79. The lowest BCUT2D eigenvalue weighted by atomic mass is 10.5. The Morgan fingerprint density at radius 2 is 1.46 bits per heavy atom. The van der Waals surface area contributed by atoms with Crippen molar-refractivity contribution in [3.8, 4) is 0 Å². The van der Waals surface area contributed by atoms with Crippen LogP contribution in [0.1, 0.15) is 0 Å². The molecule has 0 aromatic heterocycles. The van der Waals surface area contributed by atoms with Gasteiger partial charge in [-0.1, -0.05) is 0 Å². The highest BCUT2D eigenvalue weighted by Gasteiger charge is 2.28. The Morgan fingerprint density at radius 3 is 1.77 bits per heavy atom. The molecule has 0 N–H and O–H groups in total. The van der Waals surface area contributed by atoms with E-state index in [9.17, 15) is 9.59 Å².